The molecule has 3 aromatic rings. The molecule has 128 valence electrons. The molecule has 0 aliphatic carbocycles. The number of benzene rings is 2. The molecule has 0 N–H and O–H groups in total. The Morgan fingerprint density at radius 2 is 1.44 bits per heavy atom. The first-order valence-electron chi connectivity index (χ1n) is 8.71. The van der Waals surface area contributed by atoms with Gasteiger partial charge in [-0.2, -0.15) is 0 Å². The molecule has 2 heteroatoms. The Hall–Kier alpha value is -2.61. The minimum absolute atomic E-state index is 0.137. The van der Waals surface area contributed by atoms with Crippen LogP contribution < -0.4 is 4.74 Å². The van der Waals surface area contributed by atoms with E-state index in [2.05, 4.69) is 80.4 Å². The van der Waals surface area contributed by atoms with Crippen molar-refractivity contribution in [2.75, 3.05) is 0 Å². The van der Waals surface area contributed by atoms with E-state index in [0.717, 1.165) is 11.4 Å². The summed E-state index contributed by atoms with van der Waals surface area (Å²) in [6.45, 7) is 7.35. The molecule has 3 rings (SSSR count). The van der Waals surface area contributed by atoms with Crippen molar-refractivity contribution in [1.29, 1.82) is 0 Å². The molecule has 0 aliphatic heterocycles. The highest BCUT2D eigenvalue weighted by atomic mass is 16.5. The van der Waals surface area contributed by atoms with E-state index in [1.165, 1.54) is 11.1 Å². The van der Waals surface area contributed by atoms with Crippen molar-refractivity contribution in [3.8, 4) is 5.75 Å². The third-order valence-electron chi connectivity index (χ3n) is 4.33. The van der Waals surface area contributed by atoms with Gasteiger partial charge in [0.05, 0.1) is 5.69 Å². The van der Waals surface area contributed by atoms with E-state index in [4.69, 9.17) is 4.74 Å². The fraction of sp³-hybridized carbons (Fsp3) is 0.261. The third-order valence-corrected chi connectivity index (χ3v) is 4.33. The van der Waals surface area contributed by atoms with Crippen LogP contribution in [0.15, 0.2) is 79.0 Å². The van der Waals surface area contributed by atoms with E-state index in [0.29, 0.717) is 12.5 Å². The van der Waals surface area contributed by atoms with Crippen molar-refractivity contribution in [2.45, 2.75) is 33.3 Å². The van der Waals surface area contributed by atoms with Crippen LogP contribution in [0.25, 0.3) is 0 Å². The molecule has 0 fully saturated rings. The van der Waals surface area contributed by atoms with Gasteiger partial charge in [0.2, 0.25) is 0 Å². The van der Waals surface area contributed by atoms with E-state index in [1.807, 2.05) is 18.2 Å². The Bertz CT molecular complexity index is 774. The van der Waals surface area contributed by atoms with E-state index in [-0.39, 0.29) is 5.41 Å². The molecule has 2 nitrogen and oxygen atoms in total. The fourth-order valence-corrected chi connectivity index (χ4v) is 3.24. The van der Waals surface area contributed by atoms with Crippen molar-refractivity contribution in [3.05, 3.63) is 95.8 Å². The molecule has 2 aromatic carbocycles. The Kier molecular flexibility index (Phi) is 5.18. The summed E-state index contributed by atoms with van der Waals surface area (Å²) < 4.78 is 5.86. The molecule has 1 aromatic heterocycles. The summed E-state index contributed by atoms with van der Waals surface area (Å²) in [5.41, 5.74) is 3.72. The molecule has 0 saturated carbocycles. The first-order chi connectivity index (χ1) is 12.0. The van der Waals surface area contributed by atoms with Crippen LogP contribution in [0.4, 0.5) is 0 Å². The first kappa shape index (κ1) is 17.2. The molecule has 0 radical (unpaired) electrons. The summed E-state index contributed by atoms with van der Waals surface area (Å²) in [4.78, 5) is 4.29. The van der Waals surface area contributed by atoms with Crippen molar-refractivity contribution in [1.82, 2.24) is 4.98 Å². The molecule has 0 spiro atoms. The highest BCUT2D eigenvalue weighted by Gasteiger charge is 2.27. The molecular weight excluding hydrogens is 306 g/mol. The Labute approximate surface area is 150 Å². The van der Waals surface area contributed by atoms with Crippen molar-refractivity contribution >= 4 is 0 Å². The van der Waals surface area contributed by atoms with Gasteiger partial charge < -0.3 is 4.74 Å². The summed E-state index contributed by atoms with van der Waals surface area (Å²) in [7, 11) is 0. The summed E-state index contributed by atoms with van der Waals surface area (Å²) in [5.74, 6) is 1.22. The lowest BCUT2D eigenvalue weighted by molar-refractivity contribution is 0.301. The van der Waals surface area contributed by atoms with Gasteiger partial charge in [-0.3, -0.25) is 4.98 Å². The third kappa shape index (κ3) is 4.48. The normalized spacial score (nSPS) is 12.6. The second kappa shape index (κ2) is 7.52. The maximum atomic E-state index is 5.86. The smallest absolute Gasteiger partial charge is 0.130 e. The van der Waals surface area contributed by atoms with Gasteiger partial charge in [-0.15, -0.1) is 0 Å². The highest BCUT2D eigenvalue weighted by Crippen LogP contribution is 2.40. The van der Waals surface area contributed by atoms with E-state index in [9.17, 15) is 0 Å². The number of pyridine rings is 1. The van der Waals surface area contributed by atoms with Crippen LogP contribution in [-0.2, 0) is 6.61 Å². The molecule has 0 saturated heterocycles. The summed E-state index contributed by atoms with van der Waals surface area (Å²) in [5, 5.41) is 0. The van der Waals surface area contributed by atoms with Crippen LogP contribution in [0, 0.1) is 5.41 Å². The SMILES string of the molecule is CC(C)(C)C(c1ccccc1)c1ccc(OCc2ccccn2)cc1. The minimum atomic E-state index is 0.137. The standard InChI is InChI=1S/C23H25NO/c1-23(2,3)22(18-9-5-4-6-10-18)19-12-14-21(15-13-19)25-17-20-11-7-8-16-24-20/h4-16,22H,17H2,1-3H3. The Morgan fingerprint density at radius 3 is 2.04 bits per heavy atom. The van der Waals surface area contributed by atoms with Crippen LogP contribution >= 0.6 is 0 Å². The topological polar surface area (TPSA) is 22.1 Å². The molecular formula is C23H25NO. The van der Waals surface area contributed by atoms with Gasteiger partial charge >= 0.3 is 0 Å². The van der Waals surface area contributed by atoms with Crippen molar-refractivity contribution in [3.63, 3.8) is 0 Å². The second-order valence-electron chi connectivity index (χ2n) is 7.39. The van der Waals surface area contributed by atoms with E-state index < -0.39 is 0 Å². The lowest BCUT2D eigenvalue weighted by Crippen LogP contribution is -2.19. The number of rotatable bonds is 5. The molecule has 1 heterocycles. The zero-order valence-corrected chi connectivity index (χ0v) is 15.1. The molecule has 0 amide bonds. The lowest BCUT2D eigenvalue weighted by atomic mass is 9.72. The van der Waals surface area contributed by atoms with Gasteiger partial charge in [0.25, 0.3) is 0 Å². The Balaban J connectivity index is 1.77. The Morgan fingerprint density at radius 1 is 0.800 bits per heavy atom. The summed E-state index contributed by atoms with van der Waals surface area (Å²) in [6, 6.07) is 25.0. The summed E-state index contributed by atoms with van der Waals surface area (Å²) in [6.07, 6.45) is 1.79. The predicted molar refractivity (Wildman–Crippen MR) is 103 cm³/mol. The quantitative estimate of drug-likeness (QED) is 0.586. The highest BCUT2D eigenvalue weighted by molar-refractivity contribution is 5.37. The van der Waals surface area contributed by atoms with Gasteiger partial charge in [-0.05, 0) is 40.8 Å². The van der Waals surface area contributed by atoms with Crippen molar-refractivity contribution in [2.24, 2.45) is 5.41 Å². The van der Waals surface area contributed by atoms with Gasteiger partial charge in [0.1, 0.15) is 12.4 Å². The second-order valence-corrected chi connectivity index (χ2v) is 7.39. The predicted octanol–water partition coefficient (Wildman–Crippen LogP) is 5.84. The summed E-state index contributed by atoms with van der Waals surface area (Å²) >= 11 is 0. The van der Waals surface area contributed by atoms with Crippen LogP contribution in [0.1, 0.15) is 43.5 Å². The number of hydrogen-bond acceptors (Lipinski definition) is 2. The fourth-order valence-electron chi connectivity index (χ4n) is 3.24. The van der Waals surface area contributed by atoms with Gasteiger partial charge in [0, 0.05) is 12.1 Å². The molecule has 0 bridgehead atoms. The van der Waals surface area contributed by atoms with E-state index >= 15 is 0 Å². The van der Waals surface area contributed by atoms with Crippen LogP contribution in [0.2, 0.25) is 0 Å². The minimum Gasteiger partial charge on any atom is -0.487 e. The average molecular weight is 331 g/mol. The van der Waals surface area contributed by atoms with E-state index in [1.54, 1.807) is 6.20 Å². The first-order valence-corrected chi connectivity index (χ1v) is 8.71. The number of nitrogens with zero attached hydrogens (tertiary/aromatic N) is 1. The van der Waals surface area contributed by atoms with Crippen molar-refractivity contribution < 1.29 is 4.74 Å². The molecule has 0 aliphatic rings. The van der Waals surface area contributed by atoms with Gasteiger partial charge in [-0.1, -0.05) is 69.3 Å². The van der Waals surface area contributed by atoms with Crippen LogP contribution in [0.5, 0.6) is 5.75 Å². The lowest BCUT2D eigenvalue weighted by Gasteiger charge is -2.32. The monoisotopic (exact) mass is 331 g/mol. The average Bonchev–Trinajstić information content (AvgIpc) is 2.62. The molecule has 1 atom stereocenters. The molecule has 25 heavy (non-hydrogen) atoms. The largest absolute Gasteiger partial charge is 0.487 e. The number of aromatic nitrogens is 1. The van der Waals surface area contributed by atoms with Gasteiger partial charge in [0.15, 0.2) is 0 Å². The maximum absolute atomic E-state index is 5.86. The maximum Gasteiger partial charge on any atom is 0.130 e. The van der Waals surface area contributed by atoms with Crippen LogP contribution in [-0.4, -0.2) is 4.98 Å². The molecule has 1 unspecified atom stereocenters. The zero-order chi connectivity index (χ0) is 17.7. The number of ether oxygens (including phenoxy) is 1. The van der Waals surface area contributed by atoms with Gasteiger partial charge in [-0.25, -0.2) is 0 Å². The zero-order valence-electron chi connectivity index (χ0n) is 15.1. The number of hydrogen-bond donors (Lipinski definition) is 0. The van der Waals surface area contributed by atoms with Crippen LogP contribution in [0.3, 0.4) is 0 Å².